The van der Waals surface area contributed by atoms with Crippen LogP contribution in [-0.2, 0) is 6.42 Å². The maximum Gasteiger partial charge on any atom is 0.256 e. The lowest BCUT2D eigenvalue weighted by Gasteiger charge is -2.35. The number of carbonyl (C=O) groups excluding carboxylic acids is 1. The lowest BCUT2D eigenvalue weighted by atomic mass is 10.1. The van der Waals surface area contributed by atoms with Crippen LogP contribution in [-0.4, -0.2) is 48.4 Å². The molecule has 1 saturated heterocycles. The second-order valence-electron chi connectivity index (χ2n) is 6.10. The third kappa shape index (κ3) is 5.11. The van der Waals surface area contributed by atoms with Crippen molar-refractivity contribution in [3.8, 4) is 0 Å². The van der Waals surface area contributed by atoms with Crippen LogP contribution in [0.15, 0.2) is 48.5 Å². The van der Waals surface area contributed by atoms with Crippen molar-refractivity contribution in [2.45, 2.75) is 6.42 Å². The maximum atomic E-state index is 12.6. The Hall–Kier alpha value is -1.75. The summed E-state index contributed by atoms with van der Waals surface area (Å²) in [7, 11) is 0. The third-order valence-corrected chi connectivity index (χ3v) is 4.73. The topological polar surface area (TPSA) is 49.6 Å². The Kier molecular flexibility index (Phi) is 7.12. The minimum absolute atomic E-state index is 0. The fourth-order valence-electron chi connectivity index (χ4n) is 2.97. The van der Waals surface area contributed by atoms with E-state index < -0.39 is 0 Å². The van der Waals surface area contributed by atoms with Crippen molar-refractivity contribution in [2.24, 2.45) is 0 Å². The van der Waals surface area contributed by atoms with Gasteiger partial charge in [0.25, 0.3) is 5.91 Å². The van der Waals surface area contributed by atoms with Crippen molar-refractivity contribution in [3.05, 3.63) is 64.7 Å². The molecule has 25 heavy (non-hydrogen) atoms. The fourth-order valence-corrected chi connectivity index (χ4v) is 3.10. The molecule has 0 spiro atoms. The molecule has 0 aliphatic carbocycles. The van der Waals surface area contributed by atoms with Crippen molar-refractivity contribution in [3.63, 3.8) is 0 Å². The van der Waals surface area contributed by atoms with Gasteiger partial charge in [-0.25, -0.2) is 0 Å². The van der Waals surface area contributed by atoms with Gasteiger partial charge in [0.2, 0.25) is 0 Å². The zero-order valence-corrected chi connectivity index (χ0v) is 15.6. The average Bonchev–Trinajstić information content (AvgIpc) is 2.61. The molecule has 2 aromatic carbocycles. The molecular weight excluding hydrogens is 357 g/mol. The van der Waals surface area contributed by atoms with E-state index in [0.717, 1.165) is 44.2 Å². The number of nitrogens with zero attached hydrogens (tertiary/aromatic N) is 2. The van der Waals surface area contributed by atoms with Crippen LogP contribution in [0.2, 0.25) is 5.02 Å². The summed E-state index contributed by atoms with van der Waals surface area (Å²) in [4.78, 5) is 16.8. The predicted molar refractivity (Wildman–Crippen MR) is 106 cm³/mol. The molecule has 0 radical (unpaired) electrons. The van der Waals surface area contributed by atoms with Crippen LogP contribution in [0.1, 0.15) is 15.9 Å². The SMILES string of the molecule is Cl.Nc1ccccc1C(=O)N1CCN(CCc2ccc(Cl)cc2)CC1. The molecule has 0 unspecified atom stereocenters. The zero-order valence-electron chi connectivity index (χ0n) is 14.0. The summed E-state index contributed by atoms with van der Waals surface area (Å²) in [6.45, 7) is 4.27. The smallest absolute Gasteiger partial charge is 0.256 e. The van der Waals surface area contributed by atoms with Crippen LogP contribution >= 0.6 is 24.0 Å². The molecule has 2 N–H and O–H groups in total. The molecule has 1 heterocycles. The summed E-state index contributed by atoms with van der Waals surface area (Å²) in [5.74, 6) is 0.0328. The molecule has 1 amide bonds. The number of nitrogen functional groups attached to an aromatic ring is 1. The molecular formula is C19H23Cl2N3O. The Labute approximate surface area is 160 Å². The van der Waals surface area contributed by atoms with Crippen LogP contribution in [0, 0.1) is 0 Å². The Morgan fingerprint density at radius 3 is 2.28 bits per heavy atom. The first-order chi connectivity index (χ1) is 11.6. The molecule has 0 aromatic heterocycles. The standard InChI is InChI=1S/C19H22ClN3O.ClH/c20-16-7-5-15(6-8-16)9-10-22-11-13-23(14-12-22)19(24)17-3-1-2-4-18(17)21;/h1-8H,9-14,21H2;1H. The number of amides is 1. The number of benzene rings is 2. The van der Waals surface area contributed by atoms with Gasteiger partial charge in [0, 0.05) is 43.4 Å². The lowest BCUT2D eigenvalue weighted by Crippen LogP contribution is -2.49. The van der Waals surface area contributed by atoms with Crippen molar-refractivity contribution in [2.75, 3.05) is 38.5 Å². The second-order valence-corrected chi connectivity index (χ2v) is 6.53. The van der Waals surface area contributed by atoms with Gasteiger partial charge in [-0.15, -0.1) is 12.4 Å². The molecule has 0 bridgehead atoms. The molecule has 0 saturated carbocycles. The van der Waals surface area contributed by atoms with E-state index in [-0.39, 0.29) is 18.3 Å². The largest absolute Gasteiger partial charge is 0.398 e. The number of para-hydroxylation sites is 1. The Balaban J connectivity index is 0.00000225. The van der Waals surface area contributed by atoms with Crippen LogP contribution in [0.5, 0.6) is 0 Å². The van der Waals surface area contributed by atoms with E-state index in [0.29, 0.717) is 11.3 Å². The summed E-state index contributed by atoms with van der Waals surface area (Å²) >= 11 is 5.91. The molecule has 3 rings (SSSR count). The van der Waals surface area contributed by atoms with Crippen molar-refractivity contribution in [1.29, 1.82) is 0 Å². The molecule has 0 atom stereocenters. The Morgan fingerprint density at radius 1 is 1.00 bits per heavy atom. The molecule has 2 aromatic rings. The first-order valence-corrected chi connectivity index (χ1v) is 8.62. The van der Waals surface area contributed by atoms with Gasteiger partial charge in [0.1, 0.15) is 0 Å². The van der Waals surface area contributed by atoms with E-state index in [2.05, 4.69) is 17.0 Å². The summed E-state index contributed by atoms with van der Waals surface area (Å²) in [5.41, 5.74) is 8.35. The third-order valence-electron chi connectivity index (χ3n) is 4.48. The Bertz CT molecular complexity index is 698. The van der Waals surface area contributed by atoms with E-state index in [1.807, 2.05) is 29.2 Å². The Morgan fingerprint density at radius 2 is 1.64 bits per heavy atom. The number of hydrogen-bond donors (Lipinski definition) is 1. The van der Waals surface area contributed by atoms with Gasteiger partial charge in [-0.2, -0.15) is 0 Å². The molecule has 1 aliphatic heterocycles. The molecule has 1 fully saturated rings. The number of halogens is 2. The number of piperazine rings is 1. The number of hydrogen-bond acceptors (Lipinski definition) is 3. The van der Waals surface area contributed by atoms with E-state index in [4.69, 9.17) is 17.3 Å². The van der Waals surface area contributed by atoms with E-state index in [1.165, 1.54) is 5.56 Å². The number of nitrogens with two attached hydrogens (primary N) is 1. The van der Waals surface area contributed by atoms with Crippen molar-refractivity contribution in [1.82, 2.24) is 9.80 Å². The summed E-state index contributed by atoms with van der Waals surface area (Å²) < 4.78 is 0. The van der Waals surface area contributed by atoms with Crippen LogP contribution in [0.25, 0.3) is 0 Å². The van der Waals surface area contributed by atoms with Crippen LogP contribution in [0.4, 0.5) is 5.69 Å². The quantitative estimate of drug-likeness (QED) is 0.828. The molecule has 4 nitrogen and oxygen atoms in total. The number of anilines is 1. The normalized spacial score (nSPS) is 14.8. The van der Waals surface area contributed by atoms with Gasteiger partial charge >= 0.3 is 0 Å². The highest BCUT2D eigenvalue weighted by Gasteiger charge is 2.22. The van der Waals surface area contributed by atoms with Gasteiger partial charge < -0.3 is 10.6 Å². The van der Waals surface area contributed by atoms with Gasteiger partial charge in [0.15, 0.2) is 0 Å². The average molecular weight is 380 g/mol. The highest BCUT2D eigenvalue weighted by Crippen LogP contribution is 2.15. The highest BCUT2D eigenvalue weighted by atomic mass is 35.5. The zero-order chi connectivity index (χ0) is 16.9. The van der Waals surface area contributed by atoms with E-state index in [1.54, 1.807) is 12.1 Å². The first kappa shape index (κ1) is 19.6. The monoisotopic (exact) mass is 379 g/mol. The lowest BCUT2D eigenvalue weighted by molar-refractivity contribution is 0.0639. The summed E-state index contributed by atoms with van der Waals surface area (Å²) in [6.07, 6.45) is 0.997. The fraction of sp³-hybridized carbons (Fsp3) is 0.316. The van der Waals surface area contributed by atoms with Crippen LogP contribution in [0.3, 0.4) is 0 Å². The first-order valence-electron chi connectivity index (χ1n) is 8.24. The van der Waals surface area contributed by atoms with Gasteiger partial charge in [-0.05, 0) is 36.2 Å². The van der Waals surface area contributed by atoms with E-state index in [9.17, 15) is 4.79 Å². The molecule has 134 valence electrons. The van der Waals surface area contributed by atoms with Crippen molar-refractivity contribution >= 4 is 35.6 Å². The summed E-state index contributed by atoms with van der Waals surface area (Å²) in [6, 6.07) is 15.3. The second kappa shape index (κ2) is 9.09. The van der Waals surface area contributed by atoms with Gasteiger partial charge in [-0.3, -0.25) is 9.69 Å². The van der Waals surface area contributed by atoms with Crippen molar-refractivity contribution < 1.29 is 4.79 Å². The predicted octanol–water partition coefficient (Wildman–Crippen LogP) is 3.34. The molecule has 6 heteroatoms. The van der Waals surface area contributed by atoms with Gasteiger partial charge in [0.05, 0.1) is 5.56 Å². The highest BCUT2D eigenvalue weighted by molar-refractivity contribution is 6.30. The van der Waals surface area contributed by atoms with Gasteiger partial charge in [-0.1, -0.05) is 35.9 Å². The minimum Gasteiger partial charge on any atom is -0.398 e. The summed E-state index contributed by atoms with van der Waals surface area (Å²) in [5, 5.41) is 0.770. The number of carbonyl (C=O) groups is 1. The maximum absolute atomic E-state index is 12.6. The van der Waals surface area contributed by atoms with Crippen LogP contribution < -0.4 is 5.73 Å². The number of rotatable bonds is 4. The molecule has 1 aliphatic rings. The van der Waals surface area contributed by atoms with E-state index >= 15 is 0 Å². The minimum atomic E-state index is 0.